The summed E-state index contributed by atoms with van der Waals surface area (Å²) in [5.74, 6) is 2.03. The van der Waals surface area contributed by atoms with Crippen molar-refractivity contribution in [1.82, 2.24) is 9.80 Å². The van der Waals surface area contributed by atoms with Crippen molar-refractivity contribution in [2.24, 2.45) is 0 Å². The quantitative estimate of drug-likeness (QED) is 0.775. The summed E-state index contributed by atoms with van der Waals surface area (Å²) in [5, 5.41) is 0.0583. The highest BCUT2D eigenvalue weighted by Crippen LogP contribution is 2.37. The summed E-state index contributed by atoms with van der Waals surface area (Å²) >= 11 is 1.80. The number of furan rings is 1. The van der Waals surface area contributed by atoms with Gasteiger partial charge in [0.2, 0.25) is 5.91 Å². The fourth-order valence-electron chi connectivity index (χ4n) is 2.54. The van der Waals surface area contributed by atoms with Gasteiger partial charge in [-0.25, -0.2) is 0 Å². The van der Waals surface area contributed by atoms with E-state index in [1.807, 2.05) is 17.0 Å². The average Bonchev–Trinajstić information content (AvgIpc) is 2.99. The summed E-state index contributed by atoms with van der Waals surface area (Å²) in [6, 6.07) is 3.86. The molecule has 1 amide bonds. The fraction of sp³-hybridized carbons (Fsp3) is 0.667. The third-order valence-electron chi connectivity index (χ3n) is 3.75. The van der Waals surface area contributed by atoms with Gasteiger partial charge in [-0.05, 0) is 38.2 Å². The van der Waals surface area contributed by atoms with Crippen molar-refractivity contribution in [2.45, 2.75) is 32.1 Å². The number of hydrogen-bond donors (Lipinski definition) is 0. The second-order valence-electron chi connectivity index (χ2n) is 4.96. The van der Waals surface area contributed by atoms with Gasteiger partial charge < -0.3 is 14.2 Å². The molecule has 0 spiro atoms. The number of thioether (sulfide) groups is 1. The maximum absolute atomic E-state index is 12.2. The summed E-state index contributed by atoms with van der Waals surface area (Å²) in [6.45, 7) is 8.36. The van der Waals surface area contributed by atoms with Crippen LogP contribution in [0.25, 0.3) is 0 Å². The standard InChI is InChI=1S/C15H24N2O2S/c1-3-16(4-2)9-6-10-17-14(18)8-12-20-15(17)13-7-5-11-19-13/h5,7,11,15H,3-4,6,8-10,12H2,1-2H3. The Kier molecular flexibility index (Phi) is 5.98. The van der Waals surface area contributed by atoms with E-state index >= 15 is 0 Å². The highest BCUT2D eigenvalue weighted by molar-refractivity contribution is 7.99. The summed E-state index contributed by atoms with van der Waals surface area (Å²) in [5.41, 5.74) is 0. The molecule has 0 aromatic carbocycles. The zero-order valence-electron chi connectivity index (χ0n) is 12.4. The zero-order valence-corrected chi connectivity index (χ0v) is 13.2. The Morgan fingerprint density at radius 2 is 2.25 bits per heavy atom. The van der Waals surface area contributed by atoms with Crippen LogP contribution in [0.15, 0.2) is 22.8 Å². The van der Waals surface area contributed by atoms with E-state index in [4.69, 9.17) is 4.42 Å². The van der Waals surface area contributed by atoms with Crippen LogP contribution in [0, 0.1) is 0 Å². The van der Waals surface area contributed by atoms with Crippen LogP contribution in [0.1, 0.15) is 37.8 Å². The lowest BCUT2D eigenvalue weighted by molar-refractivity contribution is -0.132. The first-order valence-electron chi connectivity index (χ1n) is 7.43. The number of rotatable bonds is 7. The Morgan fingerprint density at radius 3 is 2.90 bits per heavy atom. The summed E-state index contributed by atoms with van der Waals surface area (Å²) in [7, 11) is 0. The Hall–Kier alpha value is -0.940. The smallest absolute Gasteiger partial charge is 0.224 e. The molecule has 2 heterocycles. The molecule has 4 nitrogen and oxygen atoms in total. The number of hydrogen-bond acceptors (Lipinski definition) is 4. The van der Waals surface area contributed by atoms with Gasteiger partial charge in [0.05, 0.1) is 6.26 Å². The van der Waals surface area contributed by atoms with E-state index in [0.29, 0.717) is 6.42 Å². The van der Waals surface area contributed by atoms with Gasteiger partial charge in [-0.1, -0.05) is 13.8 Å². The average molecular weight is 296 g/mol. The van der Waals surface area contributed by atoms with Gasteiger partial charge in [-0.3, -0.25) is 4.79 Å². The van der Waals surface area contributed by atoms with Gasteiger partial charge in [-0.15, -0.1) is 11.8 Å². The minimum absolute atomic E-state index is 0.0583. The molecule has 0 saturated carbocycles. The van der Waals surface area contributed by atoms with Crippen molar-refractivity contribution in [3.05, 3.63) is 24.2 Å². The normalized spacial score (nSPS) is 19.9. The number of carbonyl (C=O) groups excluding carboxylic acids is 1. The molecule has 1 unspecified atom stereocenters. The second-order valence-corrected chi connectivity index (χ2v) is 6.14. The summed E-state index contributed by atoms with van der Waals surface area (Å²) in [6.07, 6.45) is 3.35. The molecule has 1 aromatic rings. The van der Waals surface area contributed by atoms with Crippen molar-refractivity contribution in [3.8, 4) is 0 Å². The minimum Gasteiger partial charge on any atom is -0.466 e. The van der Waals surface area contributed by atoms with Crippen molar-refractivity contribution < 1.29 is 9.21 Å². The third-order valence-corrected chi connectivity index (χ3v) is 4.99. The first kappa shape index (κ1) is 15.4. The molecular weight excluding hydrogens is 272 g/mol. The molecular formula is C15H24N2O2S. The van der Waals surface area contributed by atoms with E-state index in [1.165, 1.54) is 0 Å². The molecule has 1 aliphatic rings. The van der Waals surface area contributed by atoms with Crippen LogP contribution in [-0.4, -0.2) is 47.6 Å². The van der Waals surface area contributed by atoms with Crippen molar-refractivity contribution in [2.75, 3.05) is 31.9 Å². The van der Waals surface area contributed by atoms with Gasteiger partial charge in [0.1, 0.15) is 11.1 Å². The molecule has 20 heavy (non-hydrogen) atoms. The molecule has 1 aromatic heterocycles. The van der Waals surface area contributed by atoms with Crippen LogP contribution < -0.4 is 0 Å². The van der Waals surface area contributed by atoms with E-state index < -0.39 is 0 Å². The molecule has 0 aliphatic carbocycles. The van der Waals surface area contributed by atoms with Crippen LogP contribution in [0.4, 0.5) is 0 Å². The van der Waals surface area contributed by atoms with Crippen LogP contribution in [0.2, 0.25) is 0 Å². The van der Waals surface area contributed by atoms with Crippen LogP contribution >= 0.6 is 11.8 Å². The Bertz CT molecular complexity index is 404. The predicted octanol–water partition coefficient (Wildman–Crippen LogP) is 2.98. The molecule has 0 N–H and O–H groups in total. The second kappa shape index (κ2) is 7.74. The molecule has 1 atom stereocenters. The van der Waals surface area contributed by atoms with Crippen LogP contribution in [0.3, 0.4) is 0 Å². The summed E-state index contributed by atoms with van der Waals surface area (Å²) < 4.78 is 5.50. The Morgan fingerprint density at radius 1 is 1.45 bits per heavy atom. The Labute approximate surface area is 125 Å². The van der Waals surface area contributed by atoms with Crippen molar-refractivity contribution >= 4 is 17.7 Å². The first-order chi connectivity index (χ1) is 9.76. The molecule has 5 heteroatoms. The molecule has 0 bridgehead atoms. The molecule has 112 valence electrons. The lowest BCUT2D eigenvalue weighted by Gasteiger charge is -2.34. The third kappa shape index (κ3) is 3.79. The van der Waals surface area contributed by atoms with Crippen LogP contribution in [0.5, 0.6) is 0 Å². The Balaban J connectivity index is 1.93. The van der Waals surface area contributed by atoms with E-state index in [-0.39, 0.29) is 11.3 Å². The lowest BCUT2D eigenvalue weighted by Crippen LogP contribution is -2.39. The molecule has 0 radical (unpaired) electrons. The summed E-state index contributed by atoms with van der Waals surface area (Å²) in [4.78, 5) is 16.5. The number of nitrogens with zero attached hydrogens (tertiary/aromatic N) is 2. The maximum Gasteiger partial charge on any atom is 0.224 e. The van der Waals surface area contributed by atoms with Crippen LogP contribution in [-0.2, 0) is 4.79 Å². The monoisotopic (exact) mass is 296 g/mol. The highest BCUT2D eigenvalue weighted by Gasteiger charge is 2.31. The van der Waals surface area contributed by atoms with E-state index in [0.717, 1.165) is 44.1 Å². The van der Waals surface area contributed by atoms with Crippen molar-refractivity contribution in [1.29, 1.82) is 0 Å². The fourth-order valence-corrected chi connectivity index (χ4v) is 3.75. The van der Waals surface area contributed by atoms with Gasteiger partial charge in [0, 0.05) is 18.7 Å². The molecule has 1 aliphatic heterocycles. The predicted molar refractivity (Wildman–Crippen MR) is 82.6 cm³/mol. The van der Waals surface area contributed by atoms with Gasteiger partial charge in [0.25, 0.3) is 0 Å². The molecule has 1 saturated heterocycles. The SMILES string of the molecule is CCN(CC)CCCN1C(=O)CCSC1c1ccco1. The zero-order chi connectivity index (χ0) is 14.4. The minimum atomic E-state index is 0.0583. The number of amides is 1. The maximum atomic E-state index is 12.2. The molecule has 1 fully saturated rings. The highest BCUT2D eigenvalue weighted by atomic mass is 32.2. The van der Waals surface area contributed by atoms with Gasteiger partial charge in [-0.2, -0.15) is 0 Å². The van der Waals surface area contributed by atoms with Crippen molar-refractivity contribution in [3.63, 3.8) is 0 Å². The topological polar surface area (TPSA) is 36.7 Å². The van der Waals surface area contributed by atoms with Gasteiger partial charge in [0.15, 0.2) is 0 Å². The largest absolute Gasteiger partial charge is 0.466 e. The lowest BCUT2D eigenvalue weighted by atomic mass is 10.2. The van der Waals surface area contributed by atoms with E-state index in [9.17, 15) is 4.79 Å². The van der Waals surface area contributed by atoms with E-state index in [1.54, 1.807) is 18.0 Å². The molecule has 2 rings (SSSR count). The number of carbonyl (C=O) groups is 1. The van der Waals surface area contributed by atoms with E-state index in [2.05, 4.69) is 18.7 Å². The first-order valence-corrected chi connectivity index (χ1v) is 8.48. The van der Waals surface area contributed by atoms with Gasteiger partial charge >= 0.3 is 0 Å².